The highest BCUT2D eigenvalue weighted by Crippen LogP contribution is 2.38. The van der Waals surface area contributed by atoms with Gasteiger partial charge in [0.1, 0.15) is 11.4 Å². The van der Waals surface area contributed by atoms with Crippen LogP contribution >= 0.6 is 22.9 Å². The van der Waals surface area contributed by atoms with Gasteiger partial charge in [-0.1, -0.05) is 11.6 Å². The van der Waals surface area contributed by atoms with Crippen molar-refractivity contribution in [2.45, 2.75) is 39.8 Å². The van der Waals surface area contributed by atoms with Gasteiger partial charge in [-0.2, -0.15) is 0 Å². The number of nitrogens with zero attached hydrogens (tertiary/aromatic N) is 3. The lowest BCUT2D eigenvalue weighted by molar-refractivity contribution is 0.245. The fourth-order valence-electron chi connectivity index (χ4n) is 2.68. The molecule has 0 amide bonds. The predicted octanol–water partition coefficient (Wildman–Crippen LogP) is 5.91. The summed E-state index contributed by atoms with van der Waals surface area (Å²) in [5, 5.41) is 10.4. The Morgan fingerprint density at radius 2 is 2.00 bits per heavy atom. The highest BCUT2D eigenvalue weighted by atomic mass is 35.5. The number of thiazole rings is 1. The number of hydrogen-bond donors (Lipinski definition) is 2. The number of halogens is 1. The van der Waals surface area contributed by atoms with Crippen LogP contribution in [0.2, 0.25) is 5.02 Å². The van der Waals surface area contributed by atoms with Gasteiger partial charge in [0.25, 0.3) is 6.67 Å². The van der Waals surface area contributed by atoms with E-state index in [0.717, 1.165) is 16.2 Å². The van der Waals surface area contributed by atoms with Crippen molar-refractivity contribution in [3.63, 3.8) is 0 Å². The van der Waals surface area contributed by atoms with Gasteiger partial charge in [0, 0.05) is 22.9 Å². The van der Waals surface area contributed by atoms with Crippen molar-refractivity contribution in [3.05, 3.63) is 40.0 Å². The summed E-state index contributed by atoms with van der Waals surface area (Å²) in [6.07, 6.45) is 0.00532. The van der Waals surface area contributed by atoms with Crippen LogP contribution in [0, 0.1) is 6.57 Å². The Hall–Kier alpha value is -2.56. The van der Waals surface area contributed by atoms with Gasteiger partial charge in [-0.3, -0.25) is 4.85 Å². The Labute approximate surface area is 173 Å². The Morgan fingerprint density at radius 1 is 1.21 bits per heavy atom. The van der Waals surface area contributed by atoms with Crippen molar-refractivity contribution in [1.82, 2.24) is 9.97 Å². The van der Waals surface area contributed by atoms with E-state index < -0.39 is 0 Å². The molecule has 146 valence electrons. The van der Waals surface area contributed by atoms with Crippen LogP contribution in [-0.4, -0.2) is 28.8 Å². The van der Waals surface area contributed by atoms with E-state index in [2.05, 4.69) is 34.3 Å². The van der Waals surface area contributed by atoms with Crippen molar-refractivity contribution in [2.75, 3.05) is 17.3 Å². The van der Waals surface area contributed by atoms with Gasteiger partial charge in [-0.25, -0.2) is 16.5 Å². The molecular formula is C20H22ClN5OS. The zero-order valence-electron chi connectivity index (χ0n) is 16.2. The van der Waals surface area contributed by atoms with Crippen molar-refractivity contribution < 1.29 is 4.74 Å². The molecule has 2 aromatic heterocycles. The fourth-order valence-corrected chi connectivity index (χ4v) is 3.80. The summed E-state index contributed by atoms with van der Waals surface area (Å²) >= 11 is 8.14. The Balaban J connectivity index is 2.13. The minimum Gasteiger partial charge on any atom is -0.490 e. The topological polar surface area (TPSA) is 63.4 Å². The summed E-state index contributed by atoms with van der Waals surface area (Å²) in [5.74, 6) is 0.708. The predicted molar refractivity (Wildman–Crippen MR) is 117 cm³/mol. The third-order valence-electron chi connectivity index (χ3n) is 3.77. The smallest absolute Gasteiger partial charge is 0.287 e. The molecule has 0 aliphatic rings. The molecule has 2 N–H and O–H groups in total. The molecule has 28 heavy (non-hydrogen) atoms. The zero-order valence-corrected chi connectivity index (χ0v) is 17.8. The SMILES string of the molecule is [C-]#[N+]CNc1ccc2c(OC(C)C)cc(-c3csc(NC(C)C)n3)nc2c1Cl. The third-order valence-corrected chi connectivity index (χ3v) is 4.93. The molecule has 0 saturated carbocycles. The molecule has 8 heteroatoms. The highest BCUT2D eigenvalue weighted by Gasteiger charge is 2.16. The number of ether oxygens (including phenoxy) is 1. The van der Waals surface area contributed by atoms with Gasteiger partial charge in [0.05, 0.1) is 28.0 Å². The Morgan fingerprint density at radius 3 is 2.68 bits per heavy atom. The molecule has 2 heterocycles. The van der Waals surface area contributed by atoms with Crippen molar-refractivity contribution in [1.29, 1.82) is 0 Å². The van der Waals surface area contributed by atoms with Gasteiger partial charge in [-0.15, -0.1) is 11.3 Å². The van der Waals surface area contributed by atoms with Crippen LogP contribution < -0.4 is 15.4 Å². The molecule has 0 spiro atoms. The van der Waals surface area contributed by atoms with E-state index in [4.69, 9.17) is 27.9 Å². The molecule has 0 atom stereocenters. The van der Waals surface area contributed by atoms with Crippen molar-refractivity contribution in [3.8, 4) is 17.1 Å². The summed E-state index contributed by atoms with van der Waals surface area (Å²) in [6.45, 7) is 15.2. The van der Waals surface area contributed by atoms with E-state index in [9.17, 15) is 0 Å². The van der Waals surface area contributed by atoms with E-state index in [1.165, 1.54) is 11.3 Å². The van der Waals surface area contributed by atoms with E-state index in [0.29, 0.717) is 33.7 Å². The average Bonchev–Trinajstić information content (AvgIpc) is 3.08. The molecule has 0 fully saturated rings. The maximum absolute atomic E-state index is 6.96. The van der Waals surface area contributed by atoms with Crippen LogP contribution in [-0.2, 0) is 0 Å². The molecule has 0 aliphatic heterocycles. The normalized spacial score (nSPS) is 11.1. The van der Waals surface area contributed by atoms with E-state index in [-0.39, 0.29) is 12.8 Å². The van der Waals surface area contributed by atoms with E-state index >= 15 is 0 Å². The monoisotopic (exact) mass is 415 g/mol. The Kier molecular flexibility index (Phi) is 6.22. The Bertz CT molecular complexity index is 1030. The summed E-state index contributed by atoms with van der Waals surface area (Å²) in [6, 6.07) is 5.96. The third kappa shape index (κ3) is 4.46. The second kappa shape index (κ2) is 8.63. The number of rotatable bonds is 7. The van der Waals surface area contributed by atoms with Crippen LogP contribution in [0.25, 0.3) is 27.1 Å². The van der Waals surface area contributed by atoms with E-state index in [1.807, 2.05) is 37.4 Å². The number of hydrogen-bond acceptors (Lipinski definition) is 6. The van der Waals surface area contributed by atoms with Crippen LogP contribution in [0.1, 0.15) is 27.7 Å². The van der Waals surface area contributed by atoms with Crippen molar-refractivity contribution in [2.24, 2.45) is 0 Å². The van der Waals surface area contributed by atoms with Gasteiger partial charge in [0.15, 0.2) is 5.13 Å². The second-order valence-electron chi connectivity index (χ2n) is 6.83. The summed E-state index contributed by atoms with van der Waals surface area (Å²) in [7, 11) is 0. The highest BCUT2D eigenvalue weighted by molar-refractivity contribution is 7.14. The molecule has 0 saturated heterocycles. The van der Waals surface area contributed by atoms with Crippen LogP contribution in [0.15, 0.2) is 23.6 Å². The maximum Gasteiger partial charge on any atom is 0.287 e. The van der Waals surface area contributed by atoms with Crippen LogP contribution in [0.5, 0.6) is 5.75 Å². The summed E-state index contributed by atoms with van der Waals surface area (Å²) in [4.78, 5) is 12.7. The molecule has 0 aliphatic carbocycles. The lowest BCUT2D eigenvalue weighted by Gasteiger charge is -2.15. The van der Waals surface area contributed by atoms with E-state index in [1.54, 1.807) is 0 Å². The average molecular weight is 416 g/mol. The minimum absolute atomic E-state index is 0.00532. The zero-order chi connectivity index (χ0) is 20.3. The van der Waals surface area contributed by atoms with Crippen molar-refractivity contribution >= 4 is 44.7 Å². The quantitative estimate of drug-likeness (QED) is 0.470. The first-order chi connectivity index (χ1) is 13.4. The first-order valence-electron chi connectivity index (χ1n) is 8.98. The number of nitrogens with one attached hydrogen (secondary N) is 2. The summed E-state index contributed by atoms with van der Waals surface area (Å²) < 4.78 is 6.03. The molecule has 0 radical (unpaired) electrons. The fraction of sp³-hybridized carbons (Fsp3) is 0.350. The van der Waals surface area contributed by atoms with Gasteiger partial charge < -0.3 is 15.4 Å². The number of aromatic nitrogens is 2. The minimum atomic E-state index is 0.00532. The standard InChI is InChI=1S/C20H22ClN5OS/c1-11(2)24-20-26-16(9-28-20)15-8-17(27-12(3)4)13-6-7-14(23-10-22-5)18(21)19(13)25-15/h6-9,11-12,23H,10H2,1-4H3,(H,24,26). The molecule has 3 rings (SSSR count). The largest absolute Gasteiger partial charge is 0.490 e. The molecule has 0 unspecified atom stereocenters. The first kappa shape index (κ1) is 20.2. The molecule has 3 aromatic rings. The maximum atomic E-state index is 6.96. The second-order valence-corrected chi connectivity index (χ2v) is 8.06. The van der Waals surface area contributed by atoms with Crippen LogP contribution in [0.4, 0.5) is 10.8 Å². The first-order valence-corrected chi connectivity index (χ1v) is 10.2. The molecule has 0 bridgehead atoms. The molecular weight excluding hydrogens is 394 g/mol. The number of anilines is 2. The van der Waals surface area contributed by atoms with Crippen LogP contribution in [0.3, 0.4) is 0 Å². The molecule has 1 aromatic carbocycles. The molecule has 6 nitrogen and oxygen atoms in total. The van der Waals surface area contributed by atoms with Gasteiger partial charge in [0.2, 0.25) is 0 Å². The lowest BCUT2D eigenvalue weighted by Crippen LogP contribution is -2.09. The lowest BCUT2D eigenvalue weighted by atomic mass is 10.1. The number of fused-ring (bicyclic) bond motifs is 1. The number of pyridine rings is 1. The number of benzene rings is 1. The van der Waals surface area contributed by atoms with Gasteiger partial charge >= 0.3 is 0 Å². The van der Waals surface area contributed by atoms with Gasteiger partial charge in [-0.05, 0) is 39.8 Å². The summed E-state index contributed by atoms with van der Waals surface area (Å²) in [5.41, 5.74) is 2.75.